The molecule has 0 aromatic heterocycles. The molecule has 0 aliphatic heterocycles. The van der Waals surface area contributed by atoms with Crippen molar-refractivity contribution in [1.29, 1.82) is 0 Å². The van der Waals surface area contributed by atoms with E-state index in [1.807, 2.05) is 45.0 Å². The highest BCUT2D eigenvalue weighted by atomic mass is 31.2. The number of aliphatic hydroxyl groups excluding tert-OH is 2. The van der Waals surface area contributed by atoms with E-state index in [0.717, 1.165) is 25.7 Å². The fourth-order valence-electron chi connectivity index (χ4n) is 4.19. The van der Waals surface area contributed by atoms with Crippen LogP contribution >= 0.6 is 14.7 Å². The third kappa shape index (κ3) is 10.8. The number of hydrogen-bond acceptors (Lipinski definition) is 4. The lowest BCUT2D eigenvalue weighted by molar-refractivity contribution is 0.0132. The second-order valence-electron chi connectivity index (χ2n) is 10.1. The van der Waals surface area contributed by atoms with Gasteiger partial charge in [0.2, 0.25) is 0 Å². The Balaban J connectivity index is 0.000000222. The van der Waals surface area contributed by atoms with Gasteiger partial charge in [-0.15, -0.1) is 0 Å². The maximum atomic E-state index is 12.2. The van der Waals surface area contributed by atoms with Crippen molar-refractivity contribution in [3.05, 3.63) is 121 Å². The van der Waals surface area contributed by atoms with E-state index in [4.69, 9.17) is 0 Å². The summed E-state index contributed by atoms with van der Waals surface area (Å²) in [5.74, 6) is 0.0184. The fourth-order valence-corrected chi connectivity index (χ4v) is 7.09. The first-order valence-corrected chi connectivity index (χ1v) is 17.6. The summed E-state index contributed by atoms with van der Waals surface area (Å²) in [6.07, 6.45) is 2.87. The smallest absolute Gasteiger partial charge is 0.258 e. The van der Waals surface area contributed by atoms with Gasteiger partial charge in [-0.2, -0.15) is 0 Å². The molecule has 0 radical (unpaired) electrons. The largest absolute Gasteiger partial charge is 0.393 e. The molecule has 0 spiro atoms. The molecule has 4 N–H and O–H groups in total. The normalized spacial score (nSPS) is 13.4. The van der Waals surface area contributed by atoms with E-state index >= 15 is 0 Å². The maximum absolute atomic E-state index is 12.2. The Morgan fingerprint density at radius 3 is 0.905 bits per heavy atom. The van der Waals surface area contributed by atoms with E-state index in [2.05, 4.69) is 0 Å². The van der Waals surface area contributed by atoms with Crippen LogP contribution in [0.3, 0.4) is 0 Å². The molecule has 4 rings (SSSR count). The average molecular weight is 611 g/mol. The molecule has 2 unspecified atom stereocenters. The molecule has 226 valence electrons. The van der Waals surface area contributed by atoms with Crippen LogP contribution in [0.5, 0.6) is 0 Å². The van der Waals surface area contributed by atoms with Crippen LogP contribution in [0.1, 0.15) is 46.5 Å². The number of rotatable bonds is 10. The van der Waals surface area contributed by atoms with Crippen molar-refractivity contribution in [3.63, 3.8) is 0 Å². The van der Waals surface area contributed by atoms with Gasteiger partial charge >= 0.3 is 0 Å². The highest BCUT2D eigenvalue weighted by molar-refractivity contribution is 7.73. The molecule has 2 atom stereocenters. The Morgan fingerprint density at radius 1 is 0.500 bits per heavy atom. The number of hydrogen-bond donors (Lipinski definition) is 4. The minimum Gasteiger partial charge on any atom is -0.393 e. The van der Waals surface area contributed by atoms with Crippen LogP contribution in [0.25, 0.3) is 0 Å². The molecule has 0 bridgehead atoms. The highest BCUT2D eigenvalue weighted by Gasteiger charge is 2.24. The molecule has 0 saturated carbocycles. The number of aliphatic hydroxyl groups is 2. The van der Waals surface area contributed by atoms with Crippen molar-refractivity contribution in [1.82, 2.24) is 0 Å². The van der Waals surface area contributed by atoms with Crippen molar-refractivity contribution < 1.29 is 29.1 Å². The summed E-state index contributed by atoms with van der Waals surface area (Å²) in [7, 11) is -6.79. The van der Waals surface area contributed by atoms with Crippen molar-refractivity contribution in [2.75, 3.05) is 0 Å². The fraction of sp³-hybridized carbons (Fsp3) is 0.294. The second-order valence-corrected chi connectivity index (χ2v) is 14.4. The average Bonchev–Trinajstić information content (AvgIpc) is 3.03. The standard InChI is InChI=1S/2C12H11O2P.C10H22O2/c2*13-15(14,11-7-3-1-4-8-11)12-9-5-2-6-10-12;1-4-6-9(11)8(3)10(12)7-5-2/h2*1-10H,(H,13,14);8-12H,4-7H2,1-3H3. The van der Waals surface area contributed by atoms with Crippen LogP contribution in [0, 0.1) is 5.92 Å². The first-order valence-electron chi connectivity index (χ1n) is 14.3. The van der Waals surface area contributed by atoms with Gasteiger partial charge in [0.1, 0.15) is 0 Å². The van der Waals surface area contributed by atoms with Crippen LogP contribution in [0.4, 0.5) is 0 Å². The first kappa shape index (κ1) is 35.4. The zero-order valence-electron chi connectivity index (χ0n) is 24.6. The topological polar surface area (TPSA) is 115 Å². The Hall–Kier alpha value is -2.82. The summed E-state index contributed by atoms with van der Waals surface area (Å²) >= 11 is 0. The third-order valence-electron chi connectivity index (χ3n) is 6.81. The zero-order valence-corrected chi connectivity index (χ0v) is 26.4. The third-order valence-corrected chi connectivity index (χ3v) is 10.8. The number of benzene rings is 4. The molecule has 8 heteroatoms. The monoisotopic (exact) mass is 610 g/mol. The minimum atomic E-state index is -3.40. The zero-order chi connectivity index (χ0) is 31.0. The molecular formula is C34H44O6P2. The van der Waals surface area contributed by atoms with Crippen LogP contribution in [-0.2, 0) is 9.13 Å². The molecule has 0 aliphatic rings. The van der Waals surface area contributed by atoms with E-state index < -0.39 is 14.7 Å². The van der Waals surface area contributed by atoms with Crippen molar-refractivity contribution >= 4 is 36.0 Å². The maximum Gasteiger partial charge on any atom is 0.258 e. The molecule has 0 amide bonds. The van der Waals surface area contributed by atoms with E-state index in [9.17, 15) is 29.1 Å². The van der Waals surface area contributed by atoms with Crippen molar-refractivity contribution in [2.24, 2.45) is 5.92 Å². The minimum absolute atomic E-state index is 0.0184. The lowest BCUT2D eigenvalue weighted by atomic mass is 9.92. The SMILES string of the molecule is CCCC(O)C(C)C(O)CCC.O=P(O)(c1ccccc1)c1ccccc1.O=P(O)(c1ccccc1)c1ccccc1. The summed E-state index contributed by atoms with van der Waals surface area (Å²) in [5.41, 5.74) is 0. The quantitative estimate of drug-likeness (QED) is 0.170. The van der Waals surface area contributed by atoms with E-state index in [1.54, 1.807) is 97.1 Å². The lowest BCUT2D eigenvalue weighted by Gasteiger charge is -2.23. The van der Waals surface area contributed by atoms with Gasteiger partial charge in [0.05, 0.1) is 12.2 Å². The van der Waals surface area contributed by atoms with Gasteiger partial charge in [-0.25, -0.2) is 0 Å². The van der Waals surface area contributed by atoms with Crippen LogP contribution in [0.15, 0.2) is 121 Å². The summed E-state index contributed by atoms with van der Waals surface area (Å²) in [4.78, 5) is 20.0. The van der Waals surface area contributed by atoms with Crippen molar-refractivity contribution in [2.45, 2.75) is 58.7 Å². The molecule has 0 fully saturated rings. The molecule has 4 aromatic rings. The molecular weight excluding hydrogens is 566 g/mol. The molecule has 0 saturated heterocycles. The summed E-state index contributed by atoms with van der Waals surface area (Å²) in [6.45, 7) is 6.00. The second kappa shape index (κ2) is 18.0. The van der Waals surface area contributed by atoms with Gasteiger partial charge < -0.3 is 20.0 Å². The molecule has 0 aliphatic carbocycles. The van der Waals surface area contributed by atoms with Gasteiger partial charge in [0.15, 0.2) is 0 Å². The van der Waals surface area contributed by atoms with Crippen molar-refractivity contribution in [3.8, 4) is 0 Å². The van der Waals surface area contributed by atoms with Crippen LogP contribution in [-0.4, -0.2) is 32.2 Å². The van der Waals surface area contributed by atoms with Crippen LogP contribution < -0.4 is 21.2 Å². The van der Waals surface area contributed by atoms with E-state index in [0.29, 0.717) is 21.2 Å². The summed E-state index contributed by atoms with van der Waals surface area (Å²) in [5, 5.41) is 21.0. The molecule has 4 aromatic carbocycles. The van der Waals surface area contributed by atoms with Gasteiger partial charge in [-0.3, -0.25) is 9.13 Å². The first-order chi connectivity index (χ1) is 20.1. The van der Waals surface area contributed by atoms with Gasteiger partial charge in [-0.1, -0.05) is 106 Å². The van der Waals surface area contributed by atoms with Crippen LogP contribution in [0.2, 0.25) is 0 Å². The van der Waals surface area contributed by atoms with Gasteiger partial charge in [-0.05, 0) is 61.4 Å². The van der Waals surface area contributed by atoms with E-state index in [-0.39, 0.29) is 18.1 Å². The molecule has 0 heterocycles. The predicted molar refractivity (Wildman–Crippen MR) is 175 cm³/mol. The van der Waals surface area contributed by atoms with Gasteiger partial charge in [0.25, 0.3) is 14.7 Å². The summed E-state index contributed by atoms with van der Waals surface area (Å²) in [6, 6.07) is 34.8. The molecule has 6 nitrogen and oxygen atoms in total. The Morgan fingerprint density at radius 2 is 0.714 bits per heavy atom. The predicted octanol–water partition coefficient (Wildman–Crippen LogP) is 5.76. The van der Waals surface area contributed by atoms with Gasteiger partial charge in [0, 0.05) is 27.1 Å². The Labute approximate surface area is 250 Å². The Kier molecular flexibility index (Phi) is 15.1. The van der Waals surface area contributed by atoms with E-state index in [1.165, 1.54) is 0 Å². The lowest BCUT2D eigenvalue weighted by Crippen LogP contribution is -2.29. The summed E-state index contributed by atoms with van der Waals surface area (Å²) < 4.78 is 24.3. The molecule has 42 heavy (non-hydrogen) atoms. The highest BCUT2D eigenvalue weighted by Crippen LogP contribution is 2.38. The Bertz CT molecular complexity index is 1170.